The van der Waals surface area contributed by atoms with Gasteiger partial charge in [-0.05, 0) is 26.7 Å². The maximum absolute atomic E-state index is 9.31. The van der Waals surface area contributed by atoms with E-state index in [2.05, 4.69) is 15.3 Å². The van der Waals surface area contributed by atoms with Crippen LogP contribution in [-0.2, 0) is 0 Å². The van der Waals surface area contributed by atoms with Gasteiger partial charge in [-0.25, -0.2) is 4.98 Å². The fourth-order valence-electron chi connectivity index (χ4n) is 1.61. The molecule has 102 valence electrons. The standard InChI is InChI=1S/C12H22N4O2/c1-4-5-18-12-10(13)11(14-7-15-12)16-8(2)6-9(3)17/h7-9,17H,4-6,13H2,1-3H3,(H,14,15,16). The summed E-state index contributed by atoms with van der Waals surface area (Å²) >= 11 is 0. The Labute approximate surface area is 108 Å². The topological polar surface area (TPSA) is 93.3 Å². The van der Waals surface area contributed by atoms with Gasteiger partial charge in [-0.15, -0.1) is 0 Å². The minimum Gasteiger partial charge on any atom is -0.476 e. The molecule has 1 heterocycles. The Balaban J connectivity index is 2.70. The Bertz CT molecular complexity index is 371. The second kappa shape index (κ2) is 7.00. The Morgan fingerprint density at radius 2 is 2.17 bits per heavy atom. The Morgan fingerprint density at radius 1 is 1.44 bits per heavy atom. The van der Waals surface area contributed by atoms with Crippen LogP contribution in [0.4, 0.5) is 11.5 Å². The third-order valence-corrected chi connectivity index (χ3v) is 2.37. The molecule has 0 saturated heterocycles. The zero-order valence-corrected chi connectivity index (χ0v) is 11.2. The van der Waals surface area contributed by atoms with Gasteiger partial charge < -0.3 is 20.9 Å². The normalized spacial score (nSPS) is 14.0. The molecule has 4 N–H and O–H groups in total. The van der Waals surface area contributed by atoms with Crippen LogP contribution < -0.4 is 15.8 Å². The Morgan fingerprint density at radius 3 is 2.78 bits per heavy atom. The van der Waals surface area contributed by atoms with Gasteiger partial charge in [0, 0.05) is 6.04 Å². The van der Waals surface area contributed by atoms with E-state index in [0.29, 0.717) is 30.4 Å². The lowest BCUT2D eigenvalue weighted by Gasteiger charge is -2.17. The molecule has 6 nitrogen and oxygen atoms in total. The molecule has 2 unspecified atom stereocenters. The maximum atomic E-state index is 9.31. The number of nitrogens with two attached hydrogens (primary N) is 1. The quantitative estimate of drug-likeness (QED) is 0.681. The average Bonchev–Trinajstić information content (AvgIpc) is 2.29. The molecule has 1 rings (SSSR count). The van der Waals surface area contributed by atoms with E-state index in [9.17, 15) is 5.11 Å². The number of aliphatic hydroxyl groups excluding tert-OH is 1. The second-order valence-electron chi connectivity index (χ2n) is 4.42. The minimum absolute atomic E-state index is 0.0706. The van der Waals surface area contributed by atoms with Gasteiger partial charge in [0.1, 0.15) is 12.0 Å². The number of anilines is 2. The van der Waals surface area contributed by atoms with Crippen LogP contribution in [0, 0.1) is 0 Å². The zero-order chi connectivity index (χ0) is 13.5. The number of aliphatic hydroxyl groups is 1. The predicted octanol–water partition coefficient (Wildman–Crippen LogP) is 1.42. The van der Waals surface area contributed by atoms with E-state index in [0.717, 1.165) is 6.42 Å². The molecule has 6 heteroatoms. The van der Waals surface area contributed by atoms with Gasteiger partial charge in [0.15, 0.2) is 5.82 Å². The monoisotopic (exact) mass is 254 g/mol. The lowest BCUT2D eigenvalue weighted by Crippen LogP contribution is -2.22. The first-order valence-corrected chi connectivity index (χ1v) is 6.22. The SMILES string of the molecule is CCCOc1ncnc(NC(C)CC(C)O)c1N. The van der Waals surface area contributed by atoms with Crippen molar-refractivity contribution in [2.75, 3.05) is 17.7 Å². The third kappa shape index (κ3) is 4.37. The molecular formula is C12H22N4O2. The molecule has 18 heavy (non-hydrogen) atoms. The maximum Gasteiger partial charge on any atom is 0.242 e. The molecule has 1 aromatic heterocycles. The predicted molar refractivity (Wildman–Crippen MR) is 71.6 cm³/mol. The van der Waals surface area contributed by atoms with Gasteiger partial charge in [0.05, 0.1) is 12.7 Å². The smallest absolute Gasteiger partial charge is 0.242 e. The van der Waals surface area contributed by atoms with Crippen molar-refractivity contribution in [3.63, 3.8) is 0 Å². The summed E-state index contributed by atoms with van der Waals surface area (Å²) in [6.07, 6.45) is 2.56. The van der Waals surface area contributed by atoms with E-state index in [-0.39, 0.29) is 12.1 Å². The number of nitrogens with one attached hydrogen (secondary N) is 1. The summed E-state index contributed by atoms with van der Waals surface area (Å²) in [4.78, 5) is 8.08. The minimum atomic E-state index is -0.369. The van der Waals surface area contributed by atoms with Crippen molar-refractivity contribution in [3.05, 3.63) is 6.33 Å². The van der Waals surface area contributed by atoms with Gasteiger partial charge >= 0.3 is 0 Å². The van der Waals surface area contributed by atoms with Crippen LogP contribution in [0.2, 0.25) is 0 Å². The van der Waals surface area contributed by atoms with E-state index in [1.54, 1.807) is 6.92 Å². The molecule has 0 aromatic carbocycles. The van der Waals surface area contributed by atoms with Gasteiger partial charge in [0.2, 0.25) is 5.88 Å². The molecule has 0 aliphatic rings. The number of aromatic nitrogens is 2. The van der Waals surface area contributed by atoms with E-state index in [4.69, 9.17) is 10.5 Å². The van der Waals surface area contributed by atoms with Crippen molar-refractivity contribution in [3.8, 4) is 5.88 Å². The number of nitrogen functional groups attached to an aromatic ring is 1. The lowest BCUT2D eigenvalue weighted by atomic mass is 10.1. The Kier molecular flexibility index (Phi) is 5.64. The molecule has 0 saturated carbocycles. The highest BCUT2D eigenvalue weighted by Gasteiger charge is 2.12. The number of ether oxygens (including phenoxy) is 1. The molecule has 0 amide bonds. The van der Waals surface area contributed by atoms with Crippen molar-refractivity contribution < 1.29 is 9.84 Å². The molecule has 0 spiro atoms. The lowest BCUT2D eigenvalue weighted by molar-refractivity contribution is 0.179. The molecule has 0 aliphatic heterocycles. The Hall–Kier alpha value is -1.56. The van der Waals surface area contributed by atoms with Crippen molar-refractivity contribution in [1.29, 1.82) is 0 Å². The molecule has 0 bridgehead atoms. The van der Waals surface area contributed by atoms with Gasteiger partial charge in [-0.3, -0.25) is 0 Å². The summed E-state index contributed by atoms with van der Waals surface area (Å²) in [5.74, 6) is 0.947. The number of hydrogen-bond acceptors (Lipinski definition) is 6. The zero-order valence-electron chi connectivity index (χ0n) is 11.2. The van der Waals surface area contributed by atoms with Crippen LogP contribution in [-0.4, -0.2) is 33.8 Å². The molecule has 0 fully saturated rings. The first-order chi connectivity index (χ1) is 8.54. The highest BCUT2D eigenvalue weighted by atomic mass is 16.5. The van der Waals surface area contributed by atoms with Crippen molar-refractivity contribution in [2.45, 2.75) is 45.8 Å². The fraction of sp³-hybridized carbons (Fsp3) is 0.667. The highest BCUT2D eigenvalue weighted by molar-refractivity contribution is 5.66. The molecule has 0 aliphatic carbocycles. The van der Waals surface area contributed by atoms with Crippen LogP contribution in [0.5, 0.6) is 5.88 Å². The first kappa shape index (κ1) is 14.5. The van der Waals surface area contributed by atoms with E-state index >= 15 is 0 Å². The molecular weight excluding hydrogens is 232 g/mol. The van der Waals surface area contributed by atoms with Crippen molar-refractivity contribution in [1.82, 2.24) is 9.97 Å². The van der Waals surface area contributed by atoms with E-state index in [1.165, 1.54) is 6.33 Å². The number of nitrogens with zero attached hydrogens (tertiary/aromatic N) is 2. The van der Waals surface area contributed by atoms with Gasteiger partial charge in [0.25, 0.3) is 0 Å². The largest absolute Gasteiger partial charge is 0.476 e. The van der Waals surface area contributed by atoms with Crippen LogP contribution >= 0.6 is 0 Å². The average molecular weight is 254 g/mol. The highest BCUT2D eigenvalue weighted by Crippen LogP contribution is 2.25. The van der Waals surface area contributed by atoms with E-state index in [1.807, 2.05) is 13.8 Å². The first-order valence-electron chi connectivity index (χ1n) is 6.22. The van der Waals surface area contributed by atoms with Crippen LogP contribution in [0.3, 0.4) is 0 Å². The summed E-state index contributed by atoms with van der Waals surface area (Å²) in [6.45, 7) is 6.29. The van der Waals surface area contributed by atoms with Gasteiger partial charge in [-0.1, -0.05) is 6.92 Å². The molecule has 2 atom stereocenters. The van der Waals surface area contributed by atoms with Crippen LogP contribution in [0.1, 0.15) is 33.6 Å². The molecule has 1 aromatic rings. The fourth-order valence-corrected chi connectivity index (χ4v) is 1.61. The van der Waals surface area contributed by atoms with Crippen LogP contribution in [0.25, 0.3) is 0 Å². The summed E-state index contributed by atoms with van der Waals surface area (Å²) < 4.78 is 5.42. The summed E-state index contributed by atoms with van der Waals surface area (Å²) in [5, 5.41) is 12.5. The third-order valence-electron chi connectivity index (χ3n) is 2.37. The molecule has 0 radical (unpaired) electrons. The second-order valence-corrected chi connectivity index (χ2v) is 4.42. The summed E-state index contributed by atoms with van der Waals surface area (Å²) in [6, 6.07) is 0.0706. The van der Waals surface area contributed by atoms with E-state index < -0.39 is 0 Å². The van der Waals surface area contributed by atoms with Crippen molar-refractivity contribution in [2.24, 2.45) is 0 Å². The van der Waals surface area contributed by atoms with Gasteiger partial charge in [-0.2, -0.15) is 4.98 Å². The van der Waals surface area contributed by atoms with Crippen LogP contribution in [0.15, 0.2) is 6.33 Å². The van der Waals surface area contributed by atoms with Crippen molar-refractivity contribution >= 4 is 11.5 Å². The number of rotatable bonds is 7. The summed E-state index contributed by atoms with van der Waals surface area (Å²) in [7, 11) is 0. The summed E-state index contributed by atoms with van der Waals surface area (Å²) in [5.41, 5.74) is 6.33. The number of hydrogen-bond donors (Lipinski definition) is 3.